The number of fused-ring (bicyclic) bond motifs is 1. The fourth-order valence-electron chi connectivity index (χ4n) is 2.90. The summed E-state index contributed by atoms with van der Waals surface area (Å²) in [4.78, 5) is 8.98. The van der Waals surface area contributed by atoms with E-state index < -0.39 is 30.2 Å². The summed E-state index contributed by atoms with van der Waals surface area (Å²) in [7, 11) is 0. The Balaban J connectivity index is 0.000000330. The Morgan fingerprint density at radius 1 is 1.00 bits per heavy atom. The summed E-state index contributed by atoms with van der Waals surface area (Å²) >= 11 is 0. The molecule has 1 aromatic heterocycles. The molecule has 0 aliphatic carbocycles. The Labute approximate surface area is 200 Å². The van der Waals surface area contributed by atoms with Gasteiger partial charge in [-0.25, -0.2) is 0 Å². The van der Waals surface area contributed by atoms with Crippen molar-refractivity contribution in [1.29, 1.82) is 0 Å². The average molecular weight is 626 g/mol. The fourth-order valence-corrected chi connectivity index (χ4v) is 2.90. The summed E-state index contributed by atoms with van der Waals surface area (Å²) in [6, 6.07) is 15.6. The zero-order valence-corrected chi connectivity index (χ0v) is 21.1. The van der Waals surface area contributed by atoms with Gasteiger partial charge in [-0.05, 0) is 19.3 Å². The van der Waals surface area contributed by atoms with Gasteiger partial charge >= 0.3 is 6.18 Å². The number of alkyl halides is 3. The summed E-state index contributed by atoms with van der Waals surface area (Å²) in [6.45, 7) is 8.78. The molecule has 0 aliphatic heterocycles. The van der Waals surface area contributed by atoms with Gasteiger partial charge in [0.15, 0.2) is 6.10 Å². The van der Waals surface area contributed by atoms with Gasteiger partial charge in [-0.1, -0.05) is 50.4 Å². The second-order valence-electron chi connectivity index (χ2n) is 8.56. The normalized spacial score (nSPS) is 13.6. The minimum atomic E-state index is -4.65. The Bertz CT molecular complexity index is 997. The minimum absolute atomic E-state index is 0. The van der Waals surface area contributed by atoms with E-state index in [2.05, 4.69) is 34.2 Å². The minimum Gasteiger partial charge on any atom is -0.392 e. The molecular weight excluding hydrogens is 597 g/mol. The first-order valence-corrected chi connectivity index (χ1v) is 9.93. The number of aryl methyl sites for hydroxylation is 2. The number of aliphatic hydroxyl groups is 2. The van der Waals surface area contributed by atoms with Crippen molar-refractivity contribution in [3.8, 4) is 11.3 Å². The van der Waals surface area contributed by atoms with Crippen LogP contribution in [0.25, 0.3) is 22.0 Å². The first-order valence-electron chi connectivity index (χ1n) is 9.93. The van der Waals surface area contributed by atoms with Crippen molar-refractivity contribution >= 4 is 10.8 Å². The Morgan fingerprint density at radius 2 is 1.62 bits per heavy atom. The van der Waals surface area contributed by atoms with Crippen molar-refractivity contribution < 1.29 is 43.5 Å². The Morgan fingerprint density at radius 3 is 2.19 bits per heavy atom. The van der Waals surface area contributed by atoms with Crippen LogP contribution >= 0.6 is 0 Å². The number of rotatable bonds is 3. The van der Waals surface area contributed by atoms with Gasteiger partial charge in [-0.15, -0.1) is 29.1 Å². The summed E-state index contributed by atoms with van der Waals surface area (Å²) in [5, 5.41) is 20.3. The molecule has 2 unspecified atom stereocenters. The molecule has 0 fully saturated rings. The molecule has 3 rings (SSSR count). The Kier molecular flexibility index (Phi) is 9.97. The molecule has 0 saturated heterocycles. The molecule has 0 bridgehead atoms. The van der Waals surface area contributed by atoms with E-state index in [-0.39, 0.29) is 20.1 Å². The monoisotopic (exact) mass is 626 g/mol. The number of halogens is 3. The number of hydrogen-bond donors (Lipinski definition) is 2. The van der Waals surface area contributed by atoms with E-state index in [0.717, 1.165) is 22.6 Å². The van der Waals surface area contributed by atoms with E-state index in [1.54, 1.807) is 27.0 Å². The molecule has 2 atom stereocenters. The van der Waals surface area contributed by atoms with Crippen LogP contribution in [0, 0.1) is 25.3 Å². The zero-order valence-electron chi connectivity index (χ0n) is 18.7. The van der Waals surface area contributed by atoms with Crippen LogP contribution in [0.5, 0.6) is 0 Å². The van der Waals surface area contributed by atoms with E-state index in [0.29, 0.717) is 0 Å². The molecule has 0 saturated carbocycles. The molecule has 1 heterocycles. The smallest absolute Gasteiger partial charge is 0.392 e. The standard InChI is InChI=1S/C16H13N2.C8H15F3O2.Ir/c1-11-10-17-16(12(2)18-11)15-9-5-7-13-6-3-4-8-14(13)15;1-7(2,3)5(12)4-6(13)8(9,10)11;/h3-8,10H,1-2H3;5-6,12-13H,4H2,1-3H3;/q-1;;. The molecule has 8 heteroatoms. The van der Waals surface area contributed by atoms with E-state index in [4.69, 9.17) is 5.11 Å². The van der Waals surface area contributed by atoms with Crippen molar-refractivity contribution in [2.75, 3.05) is 0 Å². The second kappa shape index (κ2) is 11.3. The second-order valence-corrected chi connectivity index (χ2v) is 8.56. The molecule has 1 radical (unpaired) electrons. The fraction of sp³-hybridized carbons (Fsp3) is 0.417. The molecular formula is C24H28F3IrN2O2-. The number of nitrogens with zero attached hydrogens (tertiary/aromatic N) is 2. The van der Waals surface area contributed by atoms with E-state index in [1.165, 1.54) is 10.8 Å². The van der Waals surface area contributed by atoms with Crippen LogP contribution in [0.4, 0.5) is 13.2 Å². The predicted molar refractivity (Wildman–Crippen MR) is 115 cm³/mol. The van der Waals surface area contributed by atoms with Crippen LogP contribution in [0.3, 0.4) is 0 Å². The summed E-state index contributed by atoms with van der Waals surface area (Å²) in [6.07, 6.45) is -7.12. The molecule has 2 N–H and O–H groups in total. The summed E-state index contributed by atoms with van der Waals surface area (Å²) in [5.74, 6) is 0. The van der Waals surface area contributed by atoms with Gasteiger partial charge in [-0.3, -0.25) is 4.98 Å². The quantitative estimate of drug-likeness (QED) is 0.382. The zero-order chi connectivity index (χ0) is 23.4. The van der Waals surface area contributed by atoms with Crippen LogP contribution in [0.15, 0.2) is 42.6 Å². The Hall–Kier alpha value is -1.86. The van der Waals surface area contributed by atoms with E-state index in [9.17, 15) is 18.3 Å². The summed E-state index contributed by atoms with van der Waals surface area (Å²) in [5.41, 5.74) is 3.18. The number of aromatic nitrogens is 2. The van der Waals surface area contributed by atoms with Gasteiger partial charge in [0.2, 0.25) is 0 Å². The maximum absolute atomic E-state index is 11.8. The average Bonchev–Trinajstić information content (AvgIpc) is 2.67. The third kappa shape index (κ3) is 7.62. The maximum atomic E-state index is 11.8. The maximum Gasteiger partial charge on any atom is 0.414 e. The predicted octanol–water partition coefficient (Wildman–Crippen LogP) is 5.42. The molecule has 3 aromatic rings. The van der Waals surface area contributed by atoms with Crippen molar-refractivity contribution in [3.63, 3.8) is 0 Å². The number of aliphatic hydroxyl groups excluding tert-OH is 2. The van der Waals surface area contributed by atoms with Crippen molar-refractivity contribution in [3.05, 3.63) is 60.0 Å². The van der Waals surface area contributed by atoms with Gasteiger partial charge < -0.3 is 15.2 Å². The SMILES string of the molecule is CC(C)(C)C(O)CC(O)C(F)(F)F.Cc1cnc(-c2[c-]ccc3ccccc23)c(C)n1.[Ir]. The molecule has 177 valence electrons. The summed E-state index contributed by atoms with van der Waals surface area (Å²) < 4.78 is 35.5. The molecule has 32 heavy (non-hydrogen) atoms. The van der Waals surface area contributed by atoms with Crippen molar-refractivity contribution in [2.45, 2.75) is 59.4 Å². The molecule has 0 amide bonds. The third-order valence-electron chi connectivity index (χ3n) is 4.85. The van der Waals surface area contributed by atoms with Gasteiger partial charge in [-0.2, -0.15) is 13.2 Å². The third-order valence-corrected chi connectivity index (χ3v) is 4.85. The van der Waals surface area contributed by atoms with Crippen LogP contribution in [-0.4, -0.2) is 38.6 Å². The van der Waals surface area contributed by atoms with Crippen molar-refractivity contribution in [1.82, 2.24) is 9.97 Å². The topological polar surface area (TPSA) is 66.2 Å². The van der Waals surface area contributed by atoms with Crippen molar-refractivity contribution in [2.24, 2.45) is 5.41 Å². The number of benzene rings is 2. The van der Waals surface area contributed by atoms with Crippen LogP contribution < -0.4 is 0 Å². The molecule has 4 nitrogen and oxygen atoms in total. The molecule has 0 aliphatic rings. The number of hydrogen-bond acceptors (Lipinski definition) is 4. The molecule has 2 aromatic carbocycles. The van der Waals surface area contributed by atoms with Gasteiger partial charge in [0, 0.05) is 44.1 Å². The molecule has 0 spiro atoms. The largest absolute Gasteiger partial charge is 0.414 e. The van der Waals surface area contributed by atoms with E-state index >= 15 is 0 Å². The van der Waals surface area contributed by atoms with Crippen LogP contribution in [-0.2, 0) is 20.1 Å². The van der Waals surface area contributed by atoms with Gasteiger partial charge in [0.05, 0.1) is 11.8 Å². The first kappa shape index (κ1) is 28.2. The van der Waals surface area contributed by atoms with Gasteiger partial charge in [0.1, 0.15) is 0 Å². The van der Waals surface area contributed by atoms with E-state index in [1.807, 2.05) is 32.0 Å². The van der Waals surface area contributed by atoms with Crippen LogP contribution in [0.2, 0.25) is 0 Å². The van der Waals surface area contributed by atoms with Gasteiger partial charge in [0.25, 0.3) is 0 Å². The van der Waals surface area contributed by atoms with Crippen LogP contribution in [0.1, 0.15) is 38.6 Å². The first-order chi connectivity index (χ1) is 14.3.